The van der Waals surface area contributed by atoms with Gasteiger partial charge in [0.15, 0.2) is 10.8 Å². The maximum absolute atomic E-state index is 11.9. The van der Waals surface area contributed by atoms with Gasteiger partial charge >= 0.3 is 5.97 Å². The molecule has 118 valence electrons. The molecule has 1 aliphatic rings. The van der Waals surface area contributed by atoms with Crippen molar-refractivity contribution >= 4 is 22.4 Å². The van der Waals surface area contributed by atoms with Crippen LogP contribution in [-0.4, -0.2) is 30.6 Å². The fourth-order valence-corrected chi connectivity index (χ4v) is 3.95. The number of aryl methyl sites for hydroxylation is 1. The summed E-state index contributed by atoms with van der Waals surface area (Å²) in [5.41, 5.74) is 0.478. The number of nitrogens with zero attached hydrogens (tertiary/aromatic N) is 2. The number of hydrogen-bond acceptors (Lipinski definition) is 5. The average Bonchev–Trinajstić information content (AvgIpc) is 2.89. The van der Waals surface area contributed by atoms with E-state index in [0.29, 0.717) is 18.3 Å². The van der Waals surface area contributed by atoms with Gasteiger partial charge in [0.1, 0.15) is 0 Å². The van der Waals surface area contributed by atoms with E-state index >= 15 is 0 Å². The van der Waals surface area contributed by atoms with Crippen LogP contribution in [0.15, 0.2) is 0 Å². The number of hydrogen-bond donors (Lipinski definition) is 0. The van der Waals surface area contributed by atoms with E-state index in [2.05, 4.69) is 23.9 Å². The van der Waals surface area contributed by atoms with Gasteiger partial charge < -0.3 is 9.64 Å². The molecule has 0 aromatic carbocycles. The van der Waals surface area contributed by atoms with Crippen molar-refractivity contribution in [2.45, 2.75) is 58.9 Å². The Hall–Kier alpha value is -1.10. The van der Waals surface area contributed by atoms with E-state index in [4.69, 9.17) is 4.74 Å². The molecule has 4 nitrogen and oxygen atoms in total. The van der Waals surface area contributed by atoms with Crippen molar-refractivity contribution in [3.05, 3.63) is 10.6 Å². The first kappa shape index (κ1) is 16.3. The van der Waals surface area contributed by atoms with Crippen LogP contribution in [0.4, 0.5) is 5.13 Å². The molecule has 0 unspecified atom stereocenters. The topological polar surface area (TPSA) is 42.4 Å². The Morgan fingerprint density at radius 3 is 2.57 bits per heavy atom. The van der Waals surface area contributed by atoms with Gasteiger partial charge in [0, 0.05) is 18.0 Å². The third-order valence-electron chi connectivity index (χ3n) is 4.50. The number of rotatable bonds is 5. The van der Waals surface area contributed by atoms with Crippen LogP contribution in [0.25, 0.3) is 0 Å². The molecule has 0 saturated heterocycles. The first-order valence-electron chi connectivity index (χ1n) is 7.94. The highest BCUT2D eigenvalue weighted by Crippen LogP contribution is 2.33. The number of aromatic nitrogens is 1. The van der Waals surface area contributed by atoms with Gasteiger partial charge in [-0.3, -0.25) is 0 Å². The lowest BCUT2D eigenvalue weighted by Gasteiger charge is -2.34. The Bertz CT molecular complexity index is 479. The lowest BCUT2D eigenvalue weighted by Crippen LogP contribution is -2.35. The fraction of sp³-hybridized carbons (Fsp3) is 0.750. The summed E-state index contributed by atoms with van der Waals surface area (Å²) in [6.07, 6.45) is 6.35. The molecule has 21 heavy (non-hydrogen) atoms. The molecule has 0 bridgehead atoms. The maximum atomic E-state index is 11.9. The predicted octanol–water partition coefficient (Wildman–Crippen LogP) is 4.03. The normalized spacial score (nSPS) is 22.1. The van der Waals surface area contributed by atoms with Crippen LogP contribution in [0.3, 0.4) is 0 Å². The third kappa shape index (κ3) is 3.76. The van der Waals surface area contributed by atoms with Crippen LogP contribution in [-0.2, 0) is 4.74 Å². The largest absolute Gasteiger partial charge is 0.461 e. The highest BCUT2D eigenvalue weighted by atomic mass is 32.1. The van der Waals surface area contributed by atoms with E-state index in [1.807, 2.05) is 13.8 Å². The molecular formula is C16H26N2O2S. The van der Waals surface area contributed by atoms with Crippen molar-refractivity contribution in [2.75, 3.05) is 18.6 Å². The quantitative estimate of drug-likeness (QED) is 0.770. The van der Waals surface area contributed by atoms with Crippen molar-refractivity contribution in [2.24, 2.45) is 5.92 Å². The highest BCUT2D eigenvalue weighted by Gasteiger charge is 2.26. The molecule has 0 spiro atoms. The van der Waals surface area contributed by atoms with Crippen molar-refractivity contribution < 1.29 is 9.53 Å². The molecule has 0 amide bonds. The number of anilines is 1. The zero-order valence-corrected chi connectivity index (χ0v) is 14.3. The van der Waals surface area contributed by atoms with Gasteiger partial charge in [0.05, 0.1) is 6.61 Å². The lowest BCUT2D eigenvalue weighted by molar-refractivity contribution is 0.0519. The van der Waals surface area contributed by atoms with Crippen molar-refractivity contribution in [1.29, 1.82) is 0 Å². The molecule has 1 aromatic heterocycles. The van der Waals surface area contributed by atoms with Gasteiger partial charge in [0.2, 0.25) is 0 Å². The summed E-state index contributed by atoms with van der Waals surface area (Å²) in [7, 11) is 2.10. The number of carbonyl (C=O) groups excluding carboxylic acids is 1. The van der Waals surface area contributed by atoms with E-state index in [-0.39, 0.29) is 5.97 Å². The number of esters is 1. The molecule has 1 fully saturated rings. The zero-order chi connectivity index (χ0) is 15.4. The Labute approximate surface area is 131 Å². The molecule has 0 radical (unpaired) electrons. The Morgan fingerprint density at radius 1 is 1.33 bits per heavy atom. The van der Waals surface area contributed by atoms with Gasteiger partial charge in [-0.2, -0.15) is 0 Å². The minimum absolute atomic E-state index is 0.305. The second-order valence-corrected chi connectivity index (χ2v) is 7.00. The van der Waals surface area contributed by atoms with Crippen LogP contribution in [0, 0.1) is 12.8 Å². The van der Waals surface area contributed by atoms with Gasteiger partial charge in [0.25, 0.3) is 0 Å². The Balaban J connectivity index is 2.05. The van der Waals surface area contributed by atoms with E-state index in [1.54, 1.807) is 11.3 Å². The monoisotopic (exact) mass is 310 g/mol. The summed E-state index contributed by atoms with van der Waals surface area (Å²) in [6.45, 7) is 6.43. The molecule has 0 N–H and O–H groups in total. The van der Waals surface area contributed by atoms with Crippen LogP contribution < -0.4 is 4.90 Å². The van der Waals surface area contributed by atoms with Crippen LogP contribution in [0.2, 0.25) is 0 Å². The molecule has 0 aliphatic heterocycles. The molecule has 0 atom stereocenters. The molecule has 5 heteroatoms. The molecule has 2 rings (SSSR count). The smallest absolute Gasteiger partial charge is 0.358 e. The first-order valence-corrected chi connectivity index (χ1v) is 8.75. The molecule has 1 saturated carbocycles. The summed E-state index contributed by atoms with van der Waals surface area (Å²) in [4.78, 5) is 19.6. The number of carbonyl (C=O) groups is 1. The molecule has 1 aliphatic carbocycles. The SMILES string of the molecule is CCOC(=O)c1nc(N(C)C2CCC(CC)CC2)sc1C. The average molecular weight is 310 g/mol. The van der Waals surface area contributed by atoms with Crippen molar-refractivity contribution in [1.82, 2.24) is 4.98 Å². The second-order valence-electron chi connectivity index (χ2n) is 5.82. The van der Waals surface area contributed by atoms with Gasteiger partial charge in [-0.1, -0.05) is 13.3 Å². The van der Waals surface area contributed by atoms with Gasteiger partial charge in [-0.25, -0.2) is 9.78 Å². The second kappa shape index (κ2) is 7.25. The summed E-state index contributed by atoms with van der Waals surface area (Å²) in [5.74, 6) is 0.586. The Morgan fingerprint density at radius 2 is 2.00 bits per heavy atom. The molecule has 1 aromatic rings. The van der Waals surface area contributed by atoms with E-state index < -0.39 is 0 Å². The summed E-state index contributed by atoms with van der Waals surface area (Å²) in [5, 5.41) is 0.940. The molecule has 1 heterocycles. The minimum Gasteiger partial charge on any atom is -0.461 e. The van der Waals surface area contributed by atoms with Gasteiger partial charge in [-0.15, -0.1) is 11.3 Å². The summed E-state index contributed by atoms with van der Waals surface area (Å²) < 4.78 is 5.06. The standard InChI is InChI=1S/C16H26N2O2S/c1-5-12-7-9-13(10-8-12)18(4)16-17-14(11(3)21-16)15(19)20-6-2/h12-13H,5-10H2,1-4H3. The van der Waals surface area contributed by atoms with E-state index in [0.717, 1.165) is 15.9 Å². The van der Waals surface area contributed by atoms with Crippen LogP contribution in [0.1, 0.15) is 61.3 Å². The van der Waals surface area contributed by atoms with Gasteiger partial charge in [-0.05, 0) is 45.4 Å². The van der Waals surface area contributed by atoms with Crippen molar-refractivity contribution in [3.8, 4) is 0 Å². The lowest BCUT2D eigenvalue weighted by atomic mass is 9.84. The summed E-state index contributed by atoms with van der Waals surface area (Å²) in [6, 6.07) is 0.549. The molecular weight excluding hydrogens is 284 g/mol. The van der Waals surface area contributed by atoms with E-state index in [1.165, 1.54) is 32.1 Å². The number of thiazole rings is 1. The van der Waals surface area contributed by atoms with Crippen LogP contribution >= 0.6 is 11.3 Å². The summed E-state index contributed by atoms with van der Waals surface area (Å²) >= 11 is 1.59. The third-order valence-corrected chi connectivity index (χ3v) is 5.56. The first-order chi connectivity index (χ1) is 10.1. The number of ether oxygens (including phenoxy) is 1. The van der Waals surface area contributed by atoms with E-state index in [9.17, 15) is 4.79 Å². The Kier molecular flexibility index (Phi) is 5.62. The van der Waals surface area contributed by atoms with Crippen LogP contribution in [0.5, 0.6) is 0 Å². The maximum Gasteiger partial charge on any atom is 0.358 e. The zero-order valence-electron chi connectivity index (χ0n) is 13.5. The highest BCUT2D eigenvalue weighted by molar-refractivity contribution is 7.15. The minimum atomic E-state index is -0.305. The fourth-order valence-electron chi connectivity index (χ4n) is 3.02. The predicted molar refractivity (Wildman–Crippen MR) is 87.2 cm³/mol. The van der Waals surface area contributed by atoms with Crippen molar-refractivity contribution in [3.63, 3.8) is 0 Å².